The maximum Gasteiger partial charge on any atom is 0.419 e. The lowest BCUT2D eigenvalue weighted by Gasteiger charge is -2.25. The summed E-state index contributed by atoms with van der Waals surface area (Å²) in [5, 5.41) is 0. The van der Waals surface area contributed by atoms with Gasteiger partial charge in [0.05, 0.1) is 5.52 Å². The third-order valence-corrected chi connectivity index (χ3v) is 4.97. The molecule has 0 radical (unpaired) electrons. The smallest absolute Gasteiger partial charge is 0.408 e. The minimum Gasteiger partial charge on any atom is -0.408 e. The molecule has 0 bridgehead atoms. The molecule has 0 spiro atoms. The molecule has 0 amide bonds. The van der Waals surface area contributed by atoms with Gasteiger partial charge in [0.1, 0.15) is 0 Å². The molecule has 1 heterocycles. The molecule has 1 aliphatic rings. The Kier molecular flexibility index (Phi) is 3.47. The predicted molar refractivity (Wildman–Crippen MR) is 81.7 cm³/mol. The van der Waals surface area contributed by atoms with E-state index < -0.39 is 0 Å². The Hall–Kier alpha value is -1.84. The molecule has 112 valence electrons. The molecule has 1 fully saturated rings. The Bertz CT molecular complexity index is 732. The van der Waals surface area contributed by atoms with Crippen LogP contribution in [0.25, 0.3) is 11.1 Å². The highest BCUT2D eigenvalue weighted by Crippen LogP contribution is 2.43. The largest absolute Gasteiger partial charge is 0.419 e. The van der Waals surface area contributed by atoms with E-state index in [1.807, 2.05) is 19.1 Å². The van der Waals surface area contributed by atoms with E-state index in [9.17, 15) is 9.59 Å². The zero-order chi connectivity index (χ0) is 15.0. The van der Waals surface area contributed by atoms with E-state index in [1.54, 1.807) is 10.6 Å². The van der Waals surface area contributed by atoms with Gasteiger partial charge in [-0.1, -0.05) is 19.8 Å². The molecule has 4 heteroatoms. The number of carbonyl (C=O) groups excluding carboxylic acids is 1. The van der Waals surface area contributed by atoms with Crippen molar-refractivity contribution < 1.29 is 9.21 Å². The maximum atomic E-state index is 12.9. The molecule has 2 aromatic rings. The standard InChI is InChI=1S/C17H21NO3/c1-3-17(9-5-6-10-17)15(19)12-7-8-13-14(11-12)21-16(20)18(13)4-2/h7-8,11H,3-6,9-10H2,1-2H3. The highest BCUT2D eigenvalue weighted by molar-refractivity contribution is 6.02. The van der Waals surface area contributed by atoms with Crippen LogP contribution in [0, 0.1) is 5.41 Å². The molecule has 3 rings (SSSR count). The number of oxazole rings is 1. The average molecular weight is 287 g/mol. The number of hydrogen-bond acceptors (Lipinski definition) is 3. The van der Waals surface area contributed by atoms with Crippen molar-refractivity contribution in [3.05, 3.63) is 34.3 Å². The van der Waals surface area contributed by atoms with Gasteiger partial charge in [0.2, 0.25) is 0 Å². The second-order valence-electron chi connectivity index (χ2n) is 5.96. The maximum absolute atomic E-state index is 12.9. The van der Waals surface area contributed by atoms with E-state index in [1.165, 1.54) is 0 Å². The van der Waals surface area contributed by atoms with Crippen molar-refractivity contribution in [2.24, 2.45) is 5.41 Å². The van der Waals surface area contributed by atoms with Crippen molar-refractivity contribution in [1.29, 1.82) is 0 Å². The van der Waals surface area contributed by atoms with Gasteiger partial charge < -0.3 is 4.42 Å². The van der Waals surface area contributed by atoms with Crippen LogP contribution in [-0.4, -0.2) is 10.4 Å². The van der Waals surface area contributed by atoms with E-state index in [4.69, 9.17) is 4.42 Å². The fourth-order valence-electron chi connectivity index (χ4n) is 3.61. The monoisotopic (exact) mass is 287 g/mol. The summed E-state index contributed by atoms with van der Waals surface area (Å²) in [6, 6.07) is 5.40. The number of carbonyl (C=O) groups is 1. The Labute approximate surface area is 123 Å². The summed E-state index contributed by atoms with van der Waals surface area (Å²) in [7, 11) is 0. The zero-order valence-electron chi connectivity index (χ0n) is 12.6. The number of aryl methyl sites for hydroxylation is 1. The molecule has 1 aliphatic carbocycles. The normalized spacial score (nSPS) is 17.4. The zero-order valence-corrected chi connectivity index (χ0v) is 12.6. The summed E-state index contributed by atoms with van der Waals surface area (Å²) < 4.78 is 6.84. The molecule has 21 heavy (non-hydrogen) atoms. The van der Waals surface area contributed by atoms with E-state index >= 15 is 0 Å². The van der Waals surface area contributed by atoms with E-state index in [2.05, 4.69) is 6.92 Å². The molecule has 4 nitrogen and oxygen atoms in total. The van der Waals surface area contributed by atoms with Crippen LogP contribution in [0.3, 0.4) is 0 Å². The number of benzene rings is 1. The van der Waals surface area contributed by atoms with Crippen LogP contribution in [0.4, 0.5) is 0 Å². The fourth-order valence-corrected chi connectivity index (χ4v) is 3.61. The van der Waals surface area contributed by atoms with Gasteiger partial charge in [-0.2, -0.15) is 0 Å². The number of ketones is 1. The van der Waals surface area contributed by atoms with Gasteiger partial charge in [-0.15, -0.1) is 0 Å². The fraction of sp³-hybridized carbons (Fsp3) is 0.529. The number of fused-ring (bicyclic) bond motifs is 1. The van der Waals surface area contributed by atoms with Gasteiger partial charge in [-0.3, -0.25) is 9.36 Å². The molecule has 0 aliphatic heterocycles. The van der Waals surface area contributed by atoms with Gasteiger partial charge in [-0.25, -0.2) is 4.79 Å². The first kappa shape index (κ1) is 14.1. The minimum atomic E-state index is -0.358. The summed E-state index contributed by atoms with van der Waals surface area (Å²) in [6.45, 7) is 4.56. The molecule has 0 N–H and O–H groups in total. The molecule has 0 saturated heterocycles. The van der Waals surface area contributed by atoms with Crippen molar-refractivity contribution in [2.75, 3.05) is 0 Å². The third kappa shape index (κ3) is 2.13. The number of aromatic nitrogens is 1. The predicted octanol–water partition coefficient (Wildman–Crippen LogP) is 3.77. The molecule has 0 unspecified atom stereocenters. The lowest BCUT2D eigenvalue weighted by molar-refractivity contribution is 0.0791. The quantitative estimate of drug-likeness (QED) is 0.804. The van der Waals surface area contributed by atoms with Crippen molar-refractivity contribution in [3.8, 4) is 0 Å². The lowest BCUT2D eigenvalue weighted by atomic mass is 9.76. The molecular weight excluding hydrogens is 266 g/mol. The van der Waals surface area contributed by atoms with Gasteiger partial charge in [-0.05, 0) is 44.4 Å². The van der Waals surface area contributed by atoms with Gasteiger partial charge in [0.25, 0.3) is 0 Å². The number of hydrogen-bond donors (Lipinski definition) is 0. The Morgan fingerprint density at radius 2 is 2.00 bits per heavy atom. The first-order valence-electron chi connectivity index (χ1n) is 7.79. The van der Waals surface area contributed by atoms with Crippen LogP contribution >= 0.6 is 0 Å². The highest BCUT2D eigenvalue weighted by atomic mass is 16.4. The van der Waals surface area contributed by atoms with Crippen molar-refractivity contribution in [1.82, 2.24) is 4.57 Å². The van der Waals surface area contributed by atoms with Crippen molar-refractivity contribution >= 4 is 16.9 Å². The first-order valence-corrected chi connectivity index (χ1v) is 7.79. The highest BCUT2D eigenvalue weighted by Gasteiger charge is 2.39. The Balaban J connectivity index is 2.05. The van der Waals surface area contributed by atoms with Crippen LogP contribution < -0.4 is 5.76 Å². The first-order chi connectivity index (χ1) is 10.1. The molecule has 1 aromatic carbocycles. The SMILES string of the molecule is CCn1c(=O)oc2cc(C(=O)C3(CC)CCCC3)ccc21. The van der Waals surface area contributed by atoms with Crippen LogP contribution in [-0.2, 0) is 6.54 Å². The van der Waals surface area contributed by atoms with Crippen molar-refractivity contribution in [2.45, 2.75) is 52.5 Å². The Morgan fingerprint density at radius 1 is 1.29 bits per heavy atom. The molecular formula is C17H21NO3. The van der Waals surface area contributed by atoms with Crippen LogP contribution in [0.1, 0.15) is 56.3 Å². The number of Topliss-reactive ketones (excluding diaryl/α,β-unsaturated/α-hetero) is 1. The van der Waals surface area contributed by atoms with Gasteiger partial charge >= 0.3 is 5.76 Å². The number of rotatable bonds is 4. The molecule has 1 aromatic heterocycles. The van der Waals surface area contributed by atoms with Crippen molar-refractivity contribution in [3.63, 3.8) is 0 Å². The minimum absolute atomic E-state index is 0.205. The summed E-state index contributed by atoms with van der Waals surface area (Å²) >= 11 is 0. The average Bonchev–Trinajstić information content (AvgIpc) is 3.09. The van der Waals surface area contributed by atoms with Crippen LogP contribution in [0.15, 0.2) is 27.4 Å². The topological polar surface area (TPSA) is 52.2 Å². The number of nitrogens with zero attached hydrogens (tertiary/aromatic N) is 1. The van der Waals surface area contributed by atoms with Crippen LogP contribution in [0.2, 0.25) is 0 Å². The lowest BCUT2D eigenvalue weighted by Crippen LogP contribution is -2.27. The summed E-state index contributed by atoms with van der Waals surface area (Å²) in [5.41, 5.74) is 1.73. The third-order valence-electron chi connectivity index (χ3n) is 4.97. The second-order valence-corrected chi connectivity index (χ2v) is 5.96. The van der Waals surface area contributed by atoms with E-state index in [0.29, 0.717) is 17.7 Å². The Morgan fingerprint density at radius 3 is 2.62 bits per heavy atom. The van der Waals surface area contributed by atoms with Crippen LogP contribution in [0.5, 0.6) is 0 Å². The molecule has 0 atom stereocenters. The van der Waals surface area contributed by atoms with Gasteiger partial charge in [0.15, 0.2) is 11.4 Å². The molecule has 1 saturated carbocycles. The van der Waals surface area contributed by atoms with E-state index in [0.717, 1.165) is 37.6 Å². The van der Waals surface area contributed by atoms with Gasteiger partial charge in [0, 0.05) is 17.5 Å². The second kappa shape index (κ2) is 5.17. The van der Waals surface area contributed by atoms with E-state index in [-0.39, 0.29) is 17.0 Å². The summed E-state index contributed by atoms with van der Waals surface area (Å²) in [4.78, 5) is 24.6. The summed E-state index contributed by atoms with van der Waals surface area (Å²) in [5.74, 6) is -0.153. The summed E-state index contributed by atoms with van der Waals surface area (Å²) in [6.07, 6.45) is 5.08.